The van der Waals surface area contributed by atoms with E-state index in [4.69, 9.17) is 4.74 Å². The Morgan fingerprint density at radius 2 is 1.97 bits per heavy atom. The second kappa shape index (κ2) is 8.88. The number of aromatic nitrogens is 2. The van der Waals surface area contributed by atoms with Crippen LogP contribution in [0.1, 0.15) is 46.9 Å². The Balaban J connectivity index is 1.78. The standard InChI is InChI=1S/C22H34N4O4S/c1-7-26(8-2)31(28,29)17-9-10-19-18(13-17)23-20(24(19)6)11-12-21(27)25-14-16(3)30-22(4,5)15-25/h9-10,13,16H,7-8,11-12,14-15H2,1-6H3. The van der Waals surface area contributed by atoms with Gasteiger partial charge in [-0.15, -0.1) is 0 Å². The predicted octanol–water partition coefficient (Wildman–Crippen LogP) is 2.56. The van der Waals surface area contributed by atoms with Crippen molar-refractivity contribution in [2.24, 2.45) is 7.05 Å². The molecule has 9 heteroatoms. The predicted molar refractivity (Wildman–Crippen MR) is 120 cm³/mol. The third kappa shape index (κ3) is 4.94. The van der Waals surface area contributed by atoms with E-state index in [1.807, 2.05) is 51.1 Å². The van der Waals surface area contributed by atoms with E-state index >= 15 is 0 Å². The van der Waals surface area contributed by atoms with Crippen LogP contribution in [0.15, 0.2) is 23.1 Å². The molecule has 172 valence electrons. The van der Waals surface area contributed by atoms with Gasteiger partial charge in [-0.3, -0.25) is 4.79 Å². The summed E-state index contributed by atoms with van der Waals surface area (Å²) < 4.78 is 34.9. The maximum absolute atomic E-state index is 12.8. The van der Waals surface area contributed by atoms with Gasteiger partial charge in [-0.25, -0.2) is 13.4 Å². The Labute approximate surface area is 185 Å². The summed E-state index contributed by atoms with van der Waals surface area (Å²) in [5, 5.41) is 0. The molecule has 0 N–H and O–H groups in total. The van der Waals surface area contributed by atoms with Gasteiger partial charge in [-0.1, -0.05) is 13.8 Å². The van der Waals surface area contributed by atoms with Gasteiger partial charge >= 0.3 is 0 Å². The van der Waals surface area contributed by atoms with E-state index in [-0.39, 0.29) is 22.5 Å². The fourth-order valence-corrected chi connectivity index (χ4v) is 5.83. The number of hydrogen-bond acceptors (Lipinski definition) is 5. The molecule has 1 aromatic carbocycles. The van der Waals surface area contributed by atoms with E-state index in [1.54, 1.807) is 18.2 Å². The number of hydrogen-bond donors (Lipinski definition) is 0. The molecule has 2 heterocycles. The summed E-state index contributed by atoms with van der Waals surface area (Å²) in [6.45, 7) is 11.6. The summed E-state index contributed by atoms with van der Waals surface area (Å²) in [5.41, 5.74) is 1.12. The minimum absolute atomic E-state index is 0.00891. The lowest BCUT2D eigenvalue weighted by molar-refractivity contribution is -0.158. The molecule has 3 rings (SSSR count). The highest BCUT2D eigenvalue weighted by atomic mass is 32.2. The van der Waals surface area contributed by atoms with Gasteiger partial charge < -0.3 is 14.2 Å². The molecular weight excluding hydrogens is 416 g/mol. The number of nitrogens with zero attached hydrogens (tertiary/aromatic N) is 4. The van der Waals surface area contributed by atoms with Crippen molar-refractivity contribution in [1.82, 2.24) is 18.8 Å². The molecule has 0 bridgehead atoms. The maximum atomic E-state index is 12.8. The first kappa shape index (κ1) is 23.7. The molecule has 1 unspecified atom stereocenters. The molecule has 2 aromatic rings. The van der Waals surface area contributed by atoms with Crippen LogP contribution in [0.3, 0.4) is 0 Å². The SMILES string of the molecule is CCN(CC)S(=O)(=O)c1ccc2c(c1)nc(CCC(=O)N1CC(C)OC(C)(C)C1)n2C. The zero-order valence-corrected chi connectivity index (χ0v) is 20.2. The van der Waals surface area contributed by atoms with E-state index in [1.165, 1.54) is 4.31 Å². The van der Waals surface area contributed by atoms with Gasteiger partial charge in [0.1, 0.15) is 5.82 Å². The van der Waals surface area contributed by atoms with E-state index < -0.39 is 10.0 Å². The van der Waals surface area contributed by atoms with E-state index in [2.05, 4.69) is 4.98 Å². The number of morpholine rings is 1. The van der Waals surface area contributed by atoms with Crippen molar-refractivity contribution < 1.29 is 17.9 Å². The summed E-state index contributed by atoms with van der Waals surface area (Å²) >= 11 is 0. The number of carbonyl (C=O) groups excluding carboxylic acids is 1. The number of fused-ring (bicyclic) bond motifs is 1. The van der Waals surface area contributed by atoms with Crippen molar-refractivity contribution >= 4 is 27.0 Å². The van der Waals surface area contributed by atoms with Crippen molar-refractivity contribution in [3.05, 3.63) is 24.0 Å². The second-order valence-electron chi connectivity index (χ2n) is 8.79. The first-order valence-electron chi connectivity index (χ1n) is 10.9. The topological polar surface area (TPSA) is 84.7 Å². The van der Waals surface area contributed by atoms with Gasteiger partial charge in [0, 0.05) is 46.1 Å². The number of carbonyl (C=O) groups is 1. The highest BCUT2D eigenvalue weighted by Crippen LogP contribution is 2.24. The maximum Gasteiger partial charge on any atom is 0.243 e. The molecule has 0 radical (unpaired) electrons. The number of ether oxygens (including phenoxy) is 1. The fourth-order valence-electron chi connectivity index (χ4n) is 4.35. The van der Waals surface area contributed by atoms with Crippen LogP contribution in [-0.4, -0.2) is 71.0 Å². The zero-order valence-electron chi connectivity index (χ0n) is 19.4. The molecule has 1 atom stereocenters. The van der Waals surface area contributed by atoms with Gasteiger partial charge in [0.25, 0.3) is 0 Å². The summed E-state index contributed by atoms with van der Waals surface area (Å²) in [7, 11) is -1.64. The Morgan fingerprint density at radius 1 is 1.29 bits per heavy atom. The van der Waals surface area contributed by atoms with Crippen LogP contribution in [0, 0.1) is 0 Å². The van der Waals surface area contributed by atoms with Crippen LogP contribution in [0.5, 0.6) is 0 Å². The second-order valence-corrected chi connectivity index (χ2v) is 10.7. The Morgan fingerprint density at radius 3 is 2.58 bits per heavy atom. The van der Waals surface area contributed by atoms with Crippen LogP contribution in [0.4, 0.5) is 0 Å². The van der Waals surface area contributed by atoms with E-state index in [9.17, 15) is 13.2 Å². The van der Waals surface area contributed by atoms with Crippen LogP contribution in [0.2, 0.25) is 0 Å². The van der Waals surface area contributed by atoms with Gasteiger partial charge in [0.05, 0.1) is 27.6 Å². The smallest absolute Gasteiger partial charge is 0.243 e. The number of benzene rings is 1. The number of sulfonamides is 1. The largest absolute Gasteiger partial charge is 0.369 e. The minimum atomic E-state index is -3.54. The lowest BCUT2D eigenvalue weighted by Gasteiger charge is -2.41. The third-order valence-electron chi connectivity index (χ3n) is 5.77. The molecule has 1 aromatic heterocycles. The quantitative estimate of drug-likeness (QED) is 0.647. The minimum Gasteiger partial charge on any atom is -0.369 e. The summed E-state index contributed by atoms with van der Waals surface area (Å²) in [5.74, 6) is 0.849. The normalized spacial score (nSPS) is 19.3. The summed E-state index contributed by atoms with van der Waals surface area (Å²) in [4.78, 5) is 19.6. The molecule has 31 heavy (non-hydrogen) atoms. The van der Waals surface area contributed by atoms with Crippen molar-refractivity contribution in [2.75, 3.05) is 26.2 Å². The van der Waals surface area contributed by atoms with Crippen LogP contribution in [-0.2, 0) is 33.0 Å². The lowest BCUT2D eigenvalue weighted by atomic mass is 10.0. The Bertz CT molecular complexity index is 1060. The average molecular weight is 451 g/mol. The molecule has 1 fully saturated rings. The average Bonchev–Trinajstić information content (AvgIpc) is 3.00. The van der Waals surface area contributed by atoms with Gasteiger partial charge in [-0.05, 0) is 39.0 Å². The highest BCUT2D eigenvalue weighted by Gasteiger charge is 2.33. The molecule has 0 spiro atoms. The zero-order chi connectivity index (χ0) is 23.0. The number of rotatable bonds is 7. The number of aryl methyl sites for hydroxylation is 2. The highest BCUT2D eigenvalue weighted by molar-refractivity contribution is 7.89. The Kier molecular flexibility index (Phi) is 6.78. The van der Waals surface area contributed by atoms with Gasteiger partial charge in [0.2, 0.25) is 15.9 Å². The van der Waals surface area contributed by atoms with Crippen molar-refractivity contribution in [3.8, 4) is 0 Å². The van der Waals surface area contributed by atoms with Crippen LogP contribution in [0.25, 0.3) is 11.0 Å². The number of imidazole rings is 1. The van der Waals surface area contributed by atoms with Gasteiger partial charge in [-0.2, -0.15) is 4.31 Å². The van der Waals surface area contributed by atoms with Gasteiger partial charge in [0.15, 0.2) is 0 Å². The van der Waals surface area contributed by atoms with E-state index in [0.29, 0.717) is 44.5 Å². The third-order valence-corrected chi connectivity index (χ3v) is 7.82. The number of amides is 1. The molecular formula is C22H34N4O4S. The van der Waals surface area contributed by atoms with Crippen molar-refractivity contribution in [3.63, 3.8) is 0 Å². The first-order chi connectivity index (χ1) is 14.5. The van der Waals surface area contributed by atoms with Crippen LogP contribution >= 0.6 is 0 Å². The van der Waals surface area contributed by atoms with Crippen LogP contribution < -0.4 is 0 Å². The summed E-state index contributed by atoms with van der Waals surface area (Å²) in [6, 6.07) is 5.04. The molecule has 1 saturated heterocycles. The monoisotopic (exact) mass is 450 g/mol. The molecule has 8 nitrogen and oxygen atoms in total. The molecule has 0 aliphatic carbocycles. The molecule has 1 amide bonds. The van der Waals surface area contributed by atoms with Crippen molar-refractivity contribution in [2.45, 2.75) is 64.1 Å². The molecule has 1 aliphatic rings. The van der Waals surface area contributed by atoms with E-state index in [0.717, 1.165) is 11.3 Å². The first-order valence-corrected chi connectivity index (χ1v) is 12.3. The molecule has 1 aliphatic heterocycles. The molecule has 0 saturated carbocycles. The fraction of sp³-hybridized carbons (Fsp3) is 0.636. The van der Waals surface area contributed by atoms with Crippen molar-refractivity contribution in [1.29, 1.82) is 0 Å². The Hall–Kier alpha value is -1.97. The summed E-state index contributed by atoms with van der Waals surface area (Å²) in [6.07, 6.45) is 0.855. The lowest BCUT2D eigenvalue weighted by Crippen LogP contribution is -2.53.